The number of ketones is 1. The molecule has 1 saturated heterocycles. The summed E-state index contributed by atoms with van der Waals surface area (Å²) in [7, 11) is 0. The van der Waals surface area contributed by atoms with E-state index in [2.05, 4.69) is 9.88 Å². The van der Waals surface area contributed by atoms with Crippen molar-refractivity contribution in [2.24, 2.45) is 0 Å². The van der Waals surface area contributed by atoms with Crippen molar-refractivity contribution in [2.45, 2.75) is 64.2 Å². The van der Waals surface area contributed by atoms with Crippen LogP contribution in [0.5, 0.6) is 0 Å². The monoisotopic (exact) mass is 444 g/mol. The zero-order chi connectivity index (χ0) is 23.5. The van der Waals surface area contributed by atoms with E-state index in [1.165, 1.54) is 19.1 Å². The Labute approximate surface area is 187 Å². The Morgan fingerprint density at radius 2 is 1.91 bits per heavy atom. The zero-order valence-corrected chi connectivity index (χ0v) is 19.3. The molecule has 0 radical (unpaired) electrons. The lowest BCUT2D eigenvalue weighted by Crippen LogP contribution is -2.54. The van der Waals surface area contributed by atoms with Gasteiger partial charge in [0, 0.05) is 38.1 Å². The van der Waals surface area contributed by atoms with Gasteiger partial charge in [-0.2, -0.15) is 0 Å². The first-order chi connectivity index (χ1) is 14.8. The fourth-order valence-electron chi connectivity index (χ4n) is 5.09. The van der Waals surface area contributed by atoms with Gasteiger partial charge in [0.2, 0.25) is 0 Å². The molecule has 1 atom stereocenters. The number of aliphatic hydroxyl groups is 1. The van der Waals surface area contributed by atoms with Crippen LogP contribution in [-0.4, -0.2) is 51.7 Å². The number of halogens is 2. The minimum atomic E-state index is -0.984. The molecule has 1 N–H and O–H groups in total. The number of benzene rings is 1. The number of Topliss-reactive ketones (excluding diaryl/α,β-unsaturated/α-hetero) is 1. The third-order valence-corrected chi connectivity index (χ3v) is 6.68. The molecule has 0 amide bonds. The Morgan fingerprint density at radius 1 is 1.19 bits per heavy atom. The lowest BCUT2D eigenvalue weighted by atomic mass is 9.81. The molecule has 1 aromatic carbocycles. The number of rotatable bonds is 4. The molecule has 32 heavy (non-hydrogen) atoms. The van der Waals surface area contributed by atoms with E-state index in [4.69, 9.17) is 4.74 Å². The van der Waals surface area contributed by atoms with Crippen molar-refractivity contribution < 1.29 is 23.4 Å². The summed E-state index contributed by atoms with van der Waals surface area (Å²) in [5.74, 6) is -1.55. The van der Waals surface area contributed by atoms with E-state index in [0.29, 0.717) is 37.2 Å². The van der Waals surface area contributed by atoms with E-state index in [0.717, 1.165) is 11.6 Å². The largest absolute Gasteiger partial charge is 0.386 e. The third-order valence-electron chi connectivity index (χ3n) is 6.68. The fourth-order valence-corrected chi connectivity index (χ4v) is 5.09. The van der Waals surface area contributed by atoms with E-state index < -0.39 is 22.8 Å². The Balaban J connectivity index is 1.79. The molecular formula is C25H30F2N2O3. The number of carbonyl (C=O) groups is 1. The maximum absolute atomic E-state index is 14.7. The molecule has 2 aliphatic rings. The minimum Gasteiger partial charge on any atom is -0.386 e. The number of hydrogen-bond acceptors (Lipinski definition) is 5. The molecule has 2 aliphatic heterocycles. The summed E-state index contributed by atoms with van der Waals surface area (Å²) in [5.41, 5.74) is 0.584. The molecule has 1 fully saturated rings. The highest BCUT2D eigenvalue weighted by Gasteiger charge is 2.47. The number of β-amino-alcohol motifs (C(OH)–C–C–N with tert-alkyl or cyclic N) is 1. The lowest BCUT2D eigenvalue weighted by Gasteiger charge is -2.46. The maximum atomic E-state index is 14.7. The number of pyridine rings is 1. The van der Waals surface area contributed by atoms with Crippen LogP contribution in [0.2, 0.25) is 0 Å². The number of nitrogens with zero attached hydrogens (tertiary/aromatic N) is 2. The van der Waals surface area contributed by atoms with Crippen molar-refractivity contribution >= 4 is 5.78 Å². The Bertz CT molecular complexity index is 1080. The topological polar surface area (TPSA) is 62.7 Å². The number of aromatic nitrogens is 1. The van der Waals surface area contributed by atoms with Crippen LogP contribution in [0.15, 0.2) is 24.3 Å². The van der Waals surface area contributed by atoms with Crippen molar-refractivity contribution in [3.05, 3.63) is 52.9 Å². The Hall–Kier alpha value is -2.22. The van der Waals surface area contributed by atoms with Crippen molar-refractivity contribution in [3.8, 4) is 11.1 Å². The summed E-state index contributed by atoms with van der Waals surface area (Å²) in [5, 5.41) is 11.2. The summed E-state index contributed by atoms with van der Waals surface area (Å²) in [4.78, 5) is 19.1. The first-order valence-electron chi connectivity index (χ1n) is 10.9. The summed E-state index contributed by atoms with van der Waals surface area (Å²) < 4.78 is 34.0. The standard InChI is InChI=1S/C25H30F2N2O3/c1-15(30)21-11-19(17-7-6-16(26)10-20(17)27)18-8-9-29(24(4,5)22(18)28-21)13-25(31)12-23(2,3)32-14-25/h6-7,10-11,31H,8-9,12-14H2,1-5H3/t25-/m0/s1. The van der Waals surface area contributed by atoms with Crippen LogP contribution in [0, 0.1) is 11.6 Å². The number of carbonyl (C=O) groups excluding carboxylic acids is 1. The minimum absolute atomic E-state index is 0.228. The van der Waals surface area contributed by atoms with Crippen molar-refractivity contribution in [2.75, 3.05) is 19.7 Å². The van der Waals surface area contributed by atoms with Crippen LogP contribution in [0.3, 0.4) is 0 Å². The average molecular weight is 445 g/mol. The van der Waals surface area contributed by atoms with Gasteiger partial charge in [-0.1, -0.05) is 0 Å². The van der Waals surface area contributed by atoms with Crippen LogP contribution in [0.1, 0.15) is 62.8 Å². The highest BCUT2D eigenvalue weighted by molar-refractivity contribution is 5.94. The number of fused-ring (bicyclic) bond motifs is 1. The molecule has 0 aliphatic carbocycles. The molecular weight excluding hydrogens is 414 g/mol. The maximum Gasteiger partial charge on any atom is 0.178 e. The van der Waals surface area contributed by atoms with Gasteiger partial charge in [-0.05, 0) is 63.4 Å². The predicted octanol–water partition coefficient (Wildman–Crippen LogP) is 4.25. The summed E-state index contributed by atoms with van der Waals surface area (Å²) in [6.07, 6.45) is 1.09. The van der Waals surface area contributed by atoms with E-state index in [1.54, 1.807) is 6.07 Å². The smallest absolute Gasteiger partial charge is 0.178 e. The van der Waals surface area contributed by atoms with Gasteiger partial charge in [0.05, 0.1) is 23.4 Å². The highest BCUT2D eigenvalue weighted by Crippen LogP contribution is 2.42. The second-order valence-corrected chi connectivity index (χ2v) is 10.2. The molecule has 3 heterocycles. The van der Waals surface area contributed by atoms with E-state index in [9.17, 15) is 18.7 Å². The first-order valence-corrected chi connectivity index (χ1v) is 10.9. The molecule has 0 saturated carbocycles. The van der Waals surface area contributed by atoms with Crippen molar-refractivity contribution in [3.63, 3.8) is 0 Å². The number of hydrogen-bond donors (Lipinski definition) is 1. The Kier molecular flexibility index (Phi) is 5.51. The lowest BCUT2D eigenvalue weighted by molar-refractivity contribution is -0.0389. The van der Waals surface area contributed by atoms with Crippen LogP contribution in [0.25, 0.3) is 11.1 Å². The number of ether oxygens (including phenoxy) is 1. The van der Waals surface area contributed by atoms with Gasteiger partial charge in [0.15, 0.2) is 5.78 Å². The van der Waals surface area contributed by atoms with Gasteiger partial charge in [0.25, 0.3) is 0 Å². The average Bonchev–Trinajstić information content (AvgIpc) is 2.96. The van der Waals surface area contributed by atoms with Crippen LogP contribution < -0.4 is 0 Å². The van der Waals surface area contributed by atoms with Crippen LogP contribution in [0.4, 0.5) is 8.78 Å². The Morgan fingerprint density at radius 3 is 2.50 bits per heavy atom. The van der Waals surface area contributed by atoms with Crippen LogP contribution >= 0.6 is 0 Å². The summed E-state index contributed by atoms with van der Waals surface area (Å²) in [6, 6.07) is 5.08. The molecule has 4 rings (SSSR count). The van der Waals surface area contributed by atoms with E-state index in [-0.39, 0.29) is 29.2 Å². The molecule has 0 bridgehead atoms. The van der Waals surface area contributed by atoms with E-state index >= 15 is 0 Å². The van der Waals surface area contributed by atoms with E-state index in [1.807, 2.05) is 27.7 Å². The molecule has 5 nitrogen and oxygen atoms in total. The van der Waals surface area contributed by atoms with Crippen molar-refractivity contribution in [1.82, 2.24) is 9.88 Å². The van der Waals surface area contributed by atoms with Gasteiger partial charge >= 0.3 is 0 Å². The molecule has 1 aromatic heterocycles. The van der Waals surface area contributed by atoms with Crippen molar-refractivity contribution in [1.29, 1.82) is 0 Å². The fraction of sp³-hybridized carbons (Fsp3) is 0.520. The van der Waals surface area contributed by atoms with Crippen LogP contribution in [-0.2, 0) is 16.7 Å². The molecule has 0 spiro atoms. The third kappa shape index (κ3) is 4.09. The SMILES string of the molecule is CC(=O)c1cc(-c2ccc(F)cc2F)c2c(n1)C(C)(C)N(C[C@]1(O)COC(C)(C)C1)CC2. The van der Waals surface area contributed by atoms with Gasteiger partial charge < -0.3 is 9.84 Å². The van der Waals surface area contributed by atoms with Gasteiger partial charge in [-0.3, -0.25) is 9.69 Å². The second-order valence-electron chi connectivity index (χ2n) is 10.2. The van der Waals surface area contributed by atoms with Gasteiger partial charge in [0.1, 0.15) is 22.9 Å². The summed E-state index contributed by atoms with van der Waals surface area (Å²) >= 11 is 0. The zero-order valence-electron chi connectivity index (χ0n) is 19.3. The second kappa shape index (κ2) is 7.68. The predicted molar refractivity (Wildman–Crippen MR) is 117 cm³/mol. The van der Waals surface area contributed by atoms with Gasteiger partial charge in [-0.25, -0.2) is 13.8 Å². The molecule has 2 aromatic rings. The molecule has 7 heteroatoms. The summed E-state index contributed by atoms with van der Waals surface area (Å²) in [6.45, 7) is 10.6. The molecule has 172 valence electrons. The normalized spacial score (nSPS) is 24.4. The van der Waals surface area contributed by atoms with Gasteiger partial charge in [-0.15, -0.1) is 0 Å². The highest BCUT2D eigenvalue weighted by atomic mass is 19.1. The first kappa shape index (κ1) is 23.0. The quantitative estimate of drug-likeness (QED) is 0.715. The molecule has 0 unspecified atom stereocenters.